The van der Waals surface area contributed by atoms with Gasteiger partial charge in [0, 0.05) is 6.07 Å². The number of carbonyl (C=O) groups excluding carboxylic acids is 1. The van der Waals surface area contributed by atoms with Gasteiger partial charge in [0.1, 0.15) is 17.8 Å². The van der Waals surface area contributed by atoms with Crippen LogP contribution in [0, 0.1) is 0 Å². The standard InChI is InChI=1S/C11H14N2O5/c12-10(17)6-2-1-3-13(4-6)11-9(16)8(15)7(5-14)18-11/h1-4,7-9,11,14-16H,5H2,(H-,12,17)/p+1/t7-,8-,9+,11-/m1/s1. The SMILES string of the molecule is NC(=O)c1ccc[n+]([C@@H]2O[C@H](CO)[C@@H](O)[C@@H]2O)c1. The normalized spacial score (nSPS) is 31.5. The van der Waals surface area contributed by atoms with E-state index in [4.69, 9.17) is 15.6 Å². The van der Waals surface area contributed by atoms with Gasteiger partial charge in [-0.25, -0.2) is 0 Å². The van der Waals surface area contributed by atoms with Crippen molar-refractivity contribution in [3.8, 4) is 0 Å². The Kier molecular flexibility index (Phi) is 3.58. The maximum atomic E-state index is 11.1. The lowest BCUT2D eigenvalue weighted by atomic mass is 10.1. The second-order valence-electron chi connectivity index (χ2n) is 4.13. The molecule has 7 nitrogen and oxygen atoms in total. The molecule has 0 aliphatic carbocycles. The molecule has 1 fully saturated rings. The predicted molar refractivity (Wildman–Crippen MR) is 58.2 cm³/mol. The molecule has 0 bridgehead atoms. The van der Waals surface area contributed by atoms with E-state index >= 15 is 0 Å². The summed E-state index contributed by atoms with van der Waals surface area (Å²) in [5.41, 5.74) is 5.41. The van der Waals surface area contributed by atoms with Gasteiger partial charge in [-0.3, -0.25) is 4.79 Å². The highest BCUT2D eigenvalue weighted by molar-refractivity contribution is 5.92. The minimum atomic E-state index is -1.18. The molecule has 1 amide bonds. The monoisotopic (exact) mass is 255 g/mol. The minimum absolute atomic E-state index is 0.259. The number of rotatable bonds is 3. The first-order valence-electron chi connectivity index (χ1n) is 5.47. The molecule has 0 spiro atoms. The number of nitrogens with zero attached hydrogens (tertiary/aromatic N) is 1. The van der Waals surface area contributed by atoms with Gasteiger partial charge in [0.25, 0.3) is 12.1 Å². The average Bonchev–Trinajstić information content (AvgIpc) is 2.66. The van der Waals surface area contributed by atoms with Crippen LogP contribution in [0.1, 0.15) is 16.6 Å². The molecule has 0 saturated carbocycles. The number of primary amides is 1. The second kappa shape index (κ2) is 4.99. The molecule has 0 aromatic carbocycles. The van der Waals surface area contributed by atoms with Crippen LogP contribution < -0.4 is 10.3 Å². The highest BCUT2D eigenvalue weighted by Crippen LogP contribution is 2.24. The maximum absolute atomic E-state index is 11.1. The van der Waals surface area contributed by atoms with Gasteiger partial charge in [-0.1, -0.05) is 0 Å². The van der Waals surface area contributed by atoms with E-state index in [0.29, 0.717) is 0 Å². The van der Waals surface area contributed by atoms with Crippen LogP contribution in [0.15, 0.2) is 24.5 Å². The highest BCUT2D eigenvalue weighted by Gasteiger charge is 2.47. The molecule has 1 aromatic rings. The van der Waals surface area contributed by atoms with Crippen molar-refractivity contribution in [3.05, 3.63) is 30.1 Å². The van der Waals surface area contributed by atoms with Crippen LogP contribution in [0.25, 0.3) is 0 Å². The van der Waals surface area contributed by atoms with Crippen molar-refractivity contribution in [3.63, 3.8) is 0 Å². The topological polar surface area (TPSA) is 117 Å². The molecule has 5 N–H and O–H groups in total. The van der Waals surface area contributed by atoms with Crippen LogP contribution >= 0.6 is 0 Å². The van der Waals surface area contributed by atoms with Crippen molar-refractivity contribution in [2.24, 2.45) is 5.73 Å². The fraction of sp³-hybridized carbons (Fsp3) is 0.455. The first kappa shape index (κ1) is 12.9. The summed E-state index contributed by atoms with van der Waals surface area (Å²) < 4.78 is 6.75. The molecule has 1 saturated heterocycles. The number of nitrogens with two attached hydrogens (primary N) is 1. The summed E-state index contributed by atoms with van der Waals surface area (Å²) in [7, 11) is 0. The van der Waals surface area contributed by atoms with E-state index in [-0.39, 0.29) is 5.56 Å². The molecule has 2 rings (SSSR count). The number of aliphatic hydroxyl groups excluding tert-OH is 3. The fourth-order valence-electron chi connectivity index (χ4n) is 1.92. The van der Waals surface area contributed by atoms with Gasteiger partial charge in [-0.15, -0.1) is 0 Å². The van der Waals surface area contributed by atoms with Crippen LogP contribution in [-0.4, -0.2) is 46.1 Å². The van der Waals surface area contributed by atoms with Crippen LogP contribution in [0.4, 0.5) is 0 Å². The van der Waals surface area contributed by atoms with E-state index in [1.54, 1.807) is 12.3 Å². The predicted octanol–water partition coefficient (Wildman–Crippen LogP) is -2.32. The Morgan fingerprint density at radius 1 is 1.44 bits per heavy atom. The van der Waals surface area contributed by atoms with Crippen LogP contribution in [0.2, 0.25) is 0 Å². The van der Waals surface area contributed by atoms with Crippen LogP contribution in [-0.2, 0) is 4.74 Å². The number of ether oxygens (including phenoxy) is 1. The van der Waals surface area contributed by atoms with Crippen LogP contribution in [0.3, 0.4) is 0 Å². The molecule has 0 unspecified atom stereocenters. The maximum Gasteiger partial charge on any atom is 0.292 e. The van der Waals surface area contributed by atoms with Crippen molar-refractivity contribution in [2.45, 2.75) is 24.5 Å². The minimum Gasteiger partial charge on any atom is -0.394 e. The molecule has 2 heterocycles. The molecule has 1 aliphatic heterocycles. The van der Waals surface area contributed by atoms with Crippen molar-refractivity contribution in [1.29, 1.82) is 0 Å². The van der Waals surface area contributed by atoms with Gasteiger partial charge in [-0.05, 0) is 6.07 Å². The van der Waals surface area contributed by atoms with E-state index in [9.17, 15) is 15.0 Å². The van der Waals surface area contributed by atoms with Crippen molar-refractivity contribution in [1.82, 2.24) is 0 Å². The third kappa shape index (κ3) is 2.21. The fourth-order valence-corrected chi connectivity index (χ4v) is 1.92. The highest BCUT2D eigenvalue weighted by atomic mass is 16.6. The number of amides is 1. The Morgan fingerprint density at radius 3 is 2.72 bits per heavy atom. The Bertz CT molecular complexity index is 453. The lowest BCUT2D eigenvalue weighted by Gasteiger charge is -2.09. The first-order valence-corrected chi connectivity index (χ1v) is 5.47. The molecule has 1 aromatic heterocycles. The van der Waals surface area contributed by atoms with Gasteiger partial charge < -0.3 is 25.8 Å². The lowest BCUT2D eigenvalue weighted by molar-refractivity contribution is -0.765. The third-order valence-corrected chi connectivity index (χ3v) is 2.92. The smallest absolute Gasteiger partial charge is 0.292 e. The molecule has 98 valence electrons. The van der Waals surface area contributed by atoms with Crippen molar-refractivity contribution < 1.29 is 29.4 Å². The van der Waals surface area contributed by atoms with Gasteiger partial charge in [0.15, 0.2) is 18.5 Å². The first-order chi connectivity index (χ1) is 8.54. The zero-order valence-electron chi connectivity index (χ0n) is 9.51. The molecule has 18 heavy (non-hydrogen) atoms. The zero-order chi connectivity index (χ0) is 13.3. The Hall–Kier alpha value is -1.54. The lowest BCUT2D eigenvalue weighted by Crippen LogP contribution is -2.46. The Labute approximate surface area is 103 Å². The number of hydrogen-bond acceptors (Lipinski definition) is 5. The molecule has 1 aliphatic rings. The summed E-state index contributed by atoms with van der Waals surface area (Å²) >= 11 is 0. The summed E-state index contributed by atoms with van der Waals surface area (Å²) in [5, 5.41) is 28.4. The number of aromatic nitrogens is 1. The average molecular weight is 255 g/mol. The van der Waals surface area contributed by atoms with Gasteiger partial charge in [0.2, 0.25) is 0 Å². The van der Waals surface area contributed by atoms with E-state index in [1.807, 2.05) is 0 Å². The zero-order valence-corrected chi connectivity index (χ0v) is 9.51. The van der Waals surface area contributed by atoms with Gasteiger partial charge in [-0.2, -0.15) is 4.57 Å². The number of hydrogen-bond donors (Lipinski definition) is 4. The summed E-state index contributed by atoms with van der Waals surface area (Å²) in [6.45, 7) is -0.398. The Morgan fingerprint density at radius 2 is 2.17 bits per heavy atom. The third-order valence-electron chi connectivity index (χ3n) is 2.92. The summed E-state index contributed by atoms with van der Waals surface area (Å²) in [4.78, 5) is 11.1. The Balaban J connectivity index is 2.27. The quantitative estimate of drug-likeness (QED) is 0.453. The van der Waals surface area contributed by atoms with Crippen molar-refractivity contribution >= 4 is 5.91 Å². The van der Waals surface area contributed by atoms with Gasteiger partial charge >= 0.3 is 0 Å². The van der Waals surface area contributed by atoms with E-state index in [0.717, 1.165) is 0 Å². The van der Waals surface area contributed by atoms with Gasteiger partial charge in [0.05, 0.1) is 6.61 Å². The number of carbonyl (C=O) groups is 1. The number of pyridine rings is 1. The number of aliphatic hydroxyl groups is 3. The van der Waals surface area contributed by atoms with Crippen molar-refractivity contribution in [2.75, 3.05) is 6.61 Å². The van der Waals surface area contributed by atoms with E-state index < -0.39 is 37.1 Å². The molecule has 4 atom stereocenters. The molecular formula is C11H15N2O5+. The van der Waals surface area contributed by atoms with E-state index in [2.05, 4.69) is 0 Å². The van der Waals surface area contributed by atoms with E-state index in [1.165, 1.54) is 16.8 Å². The summed E-state index contributed by atoms with van der Waals surface area (Å²) in [5.74, 6) is -0.601. The summed E-state index contributed by atoms with van der Waals surface area (Å²) in [6, 6.07) is 3.11. The summed E-state index contributed by atoms with van der Waals surface area (Å²) in [6.07, 6.45) is -1.08. The molecule has 0 radical (unpaired) electrons. The second-order valence-corrected chi connectivity index (χ2v) is 4.13. The van der Waals surface area contributed by atoms with Crippen LogP contribution in [0.5, 0.6) is 0 Å². The molecule has 7 heteroatoms. The molecular weight excluding hydrogens is 240 g/mol. The largest absolute Gasteiger partial charge is 0.394 e.